The molecule has 0 aliphatic heterocycles. The number of rotatable bonds is 59. The lowest BCUT2D eigenvalue weighted by Gasteiger charge is -2.25. The van der Waals surface area contributed by atoms with Crippen molar-refractivity contribution >= 4 is 17.9 Å². The number of nitrogens with zero attached hydrogens (tertiary/aromatic N) is 1. The predicted octanol–water partition coefficient (Wildman–Crippen LogP) is 20.0. The number of unbranched alkanes of at least 4 members (excludes halogenated alkanes) is 24. The van der Waals surface area contributed by atoms with E-state index in [1.807, 2.05) is 21.1 Å². The molecule has 0 aromatic heterocycles. The fourth-order valence-corrected chi connectivity index (χ4v) is 8.77. The van der Waals surface area contributed by atoms with Crippen molar-refractivity contribution in [2.45, 2.75) is 270 Å². The molecule has 462 valence electrons. The van der Waals surface area contributed by atoms with Crippen LogP contribution in [0.3, 0.4) is 0 Å². The van der Waals surface area contributed by atoms with E-state index in [9.17, 15) is 19.5 Å². The van der Waals surface area contributed by atoms with Crippen LogP contribution < -0.4 is 0 Å². The third kappa shape index (κ3) is 63.1. The first-order valence-electron chi connectivity index (χ1n) is 32.7. The largest absolute Gasteiger partial charge is 0.477 e. The minimum absolute atomic E-state index is 0.182. The molecular weight excluding hydrogens is 1010 g/mol. The highest BCUT2D eigenvalue weighted by Crippen LogP contribution is 2.16. The molecule has 0 fully saturated rings. The van der Waals surface area contributed by atoms with Crippen molar-refractivity contribution in [2.24, 2.45) is 0 Å². The van der Waals surface area contributed by atoms with Crippen LogP contribution in [0.5, 0.6) is 0 Å². The summed E-state index contributed by atoms with van der Waals surface area (Å²) in [6, 6.07) is 0. The summed E-state index contributed by atoms with van der Waals surface area (Å²) in [7, 11) is 5.97. The number of esters is 2. The van der Waals surface area contributed by atoms with Gasteiger partial charge < -0.3 is 28.5 Å². The molecule has 0 radical (unpaired) electrons. The smallest absolute Gasteiger partial charge is 0.361 e. The second-order valence-electron chi connectivity index (χ2n) is 22.7. The molecule has 81 heavy (non-hydrogen) atoms. The maximum atomic E-state index is 12.9. The van der Waals surface area contributed by atoms with Crippen molar-refractivity contribution in [1.82, 2.24) is 0 Å². The Labute approximate surface area is 497 Å². The SMILES string of the molecule is CC/C=C\C/C=C\C/C=C\C/C=C\C/C=C\C/C=C\CCCCCCCCCCCCCCC(=O)OC(COC(=O)CCCCCCCCCCCCCC/C=C\C/C=C\C/C=C\C/C=C\CC)COC(OCC[N+](C)(C)C)C(=O)O. The van der Waals surface area contributed by atoms with Crippen molar-refractivity contribution in [1.29, 1.82) is 0 Å². The van der Waals surface area contributed by atoms with Crippen LogP contribution in [0.25, 0.3) is 0 Å². The van der Waals surface area contributed by atoms with E-state index >= 15 is 0 Å². The van der Waals surface area contributed by atoms with Crippen LogP contribution >= 0.6 is 0 Å². The molecule has 9 nitrogen and oxygen atoms in total. The Hall–Kier alpha value is -4.31. The van der Waals surface area contributed by atoms with E-state index in [0.29, 0.717) is 23.9 Å². The van der Waals surface area contributed by atoms with Gasteiger partial charge in [0.15, 0.2) is 6.10 Å². The third-order valence-corrected chi connectivity index (χ3v) is 13.7. The Morgan fingerprint density at radius 3 is 0.988 bits per heavy atom. The number of carboxylic acids is 1. The zero-order valence-corrected chi connectivity index (χ0v) is 52.7. The second-order valence-corrected chi connectivity index (χ2v) is 22.7. The Kier molecular flexibility index (Phi) is 58.5. The van der Waals surface area contributed by atoms with Gasteiger partial charge in [0.05, 0.1) is 34.4 Å². The summed E-state index contributed by atoms with van der Waals surface area (Å²) in [5, 5.41) is 9.74. The number of ether oxygens (including phenoxy) is 4. The van der Waals surface area contributed by atoms with Crippen molar-refractivity contribution < 1.29 is 42.9 Å². The lowest BCUT2D eigenvalue weighted by molar-refractivity contribution is -0.870. The Morgan fingerprint density at radius 1 is 0.370 bits per heavy atom. The maximum absolute atomic E-state index is 12.9. The number of allylic oxidation sites excluding steroid dienone is 20. The number of likely N-dealkylation sites (N-methyl/N-ethyl adjacent to an activating group) is 1. The minimum Gasteiger partial charge on any atom is -0.477 e. The Balaban J connectivity index is 4.19. The van der Waals surface area contributed by atoms with E-state index in [0.717, 1.165) is 103 Å². The number of quaternary nitrogens is 1. The van der Waals surface area contributed by atoms with Gasteiger partial charge in [0, 0.05) is 12.8 Å². The summed E-state index contributed by atoms with van der Waals surface area (Å²) in [5.41, 5.74) is 0. The molecule has 2 unspecified atom stereocenters. The number of aliphatic carboxylic acids is 1. The molecule has 1 N–H and O–H groups in total. The van der Waals surface area contributed by atoms with Crippen LogP contribution in [-0.2, 0) is 33.3 Å². The summed E-state index contributed by atoms with van der Waals surface area (Å²) >= 11 is 0. The van der Waals surface area contributed by atoms with Gasteiger partial charge in [-0.3, -0.25) is 9.59 Å². The van der Waals surface area contributed by atoms with Crippen LogP contribution in [0.2, 0.25) is 0 Å². The first-order chi connectivity index (χ1) is 39.6. The van der Waals surface area contributed by atoms with Gasteiger partial charge in [-0.2, -0.15) is 0 Å². The van der Waals surface area contributed by atoms with E-state index in [-0.39, 0.29) is 32.2 Å². The van der Waals surface area contributed by atoms with Gasteiger partial charge in [0.25, 0.3) is 6.29 Å². The lowest BCUT2D eigenvalue weighted by Crippen LogP contribution is -2.40. The summed E-state index contributed by atoms with van der Waals surface area (Å²) in [5.74, 6) is -2.01. The zero-order valence-electron chi connectivity index (χ0n) is 52.7. The van der Waals surface area contributed by atoms with Crippen LogP contribution in [0, 0.1) is 0 Å². The van der Waals surface area contributed by atoms with Crippen LogP contribution in [0.4, 0.5) is 0 Å². The molecule has 2 atom stereocenters. The van der Waals surface area contributed by atoms with Gasteiger partial charge in [0.2, 0.25) is 0 Å². The molecular formula is C72H122NO8+. The third-order valence-electron chi connectivity index (χ3n) is 13.7. The number of carboxylic acid groups (broad SMARTS) is 1. The van der Waals surface area contributed by atoms with Crippen molar-refractivity contribution in [2.75, 3.05) is 47.5 Å². The molecule has 0 saturated heterocycles. The molecule has 0 heterocycles. The Morgan fingerprint density at radius 2 is 0.667 bits per heavy atom. The summed E-state index contributed by atoms with van der Waals surface area (Å²) in [6.45, 7) is 4.65. The predicted molar refractivity (Wildman–Crippen MR) is 345 cm³/mol. The number of carbonyl (C=O) groups is 3. The van der Waals surface area contributed by atoms with Gasteiger partial charge in [0.1, 0.15) is 13.2 Å². The molecule has 0 aromatic carbocycles. The molecule has 0 spiro atoms. The van der Waals surface area contributed by atoms with E-state index in [1.165, 1.54) is 122 Å². The minimum atomic E-state index is -1.52. The van der Waals surface area contributed by atoms with Crippen LogP contribution in [0.15, 0.2) is 122 Å². The first-order valence-corrected chi connectivity index (χ1v) is 32.7. The normalized spacial score (nSPS) is 13.5. The van der Waals surface area contributed by atoms with E-state index in [4.69, 9.17) is 18.9 Å². The molecule has 9 heteroatoms. The van der Waals surface area contributed by atoms with Gasteiger partial charge in [-0.1, -0.05) is 264 Å². The van der Waals surface area contributed by atoms with Crippen LogP contribution in [0.1, 0.15) is 258 Å². The molecule has 0 amide bonds. The van der Waals surface area contributed by atoms with Crippen molar-refractivity contribution in [3.63, 3.8) is 0 Å². The quantitative estimate of drug-likeness (QED) is 0.0211. The van der Waals surface area contributed by atoms with Crippen molar-refractivity contribution in [3.05, 3.63) is 122 Å². The Bertz CT molecular complexity index is 1740. The lowest BCUT2D eigenvalue weighted by atomic mass is 10.0. The van der Waals surface area contributed by atoms with Gasteiger partial charge in [-0.15, -0.1) is 0 Å². The average Bonchev–Trinajstić information content (AvgIpc) is 3.44. The summed E-state index contributed by atoms with van der Waals surface area (Å²) in [6.07, 6.45) is 84.3. The second kappa shape index (κ2) is 61.8. The van der Waals surface area contributed by atoms with Crippen molar-refractivity contribution in [3.8, 4) is 0 Å². The molecule has 0 bridgehead atoms. The molecule has 0 saturated carbocycles. The fourth-order valence-electron chi connectivity index (χ4n) is 8.77. The topological polar surface area (TPSA) is 108 Å². The summed E-state index contributed by atoms with van der Waals surface area (Å²) < 4.78 is 23.0. The summed E-state index contributed by atoms with van der Waals surface area (Å²) in [4.78, 5) is 37.6. The molecule has 0 aromatic rings. The van der Waals surface area contributed by atoms with E-state index in [1.54, 1.807) is 0 Å². The van der Waals surface area contributed by atoms with Gasteiger partial charge >= 0.3 is 17.9 Å². The number of hydrogen-bond donors (Lipinski definition) is 1. The molecule has 0 aliphatic rings. The van der Waals surface area contributed by atoms with E-state index < -0.39 is 24.3 Å². The highest BCUT2D eigenvalue weighted by molar-refractivity contribution is 5.71. The zero-order chi connectivity index (χ0) is 59.1. The van der Waals surface area contributed by atoms with Gasteiger partial charge in [-0.05, 0) is 103 Å². The maximum Gasteiger partial charge on any atom is 0.361 e. The first kappa shape index (κ1) is 76.7. The molecule has 0 rings (SSSR count). The fraction of sp³-hybridized carbons (Fsp3) is 0.681. The van der Waals surface area contributed by atoms with E-state index in [2.05, 4.69) is 135 Å². The number of hydrogen-bond acceptors (Lipinski definition) is 7. The standard InChI is InChI=1S/C72H121NO8/c1-6-8-10-12-14-16-18-20-22-24-26-28-30-32-33-34-35-36-37-39-41-43-45-47-49-51-53-55-57-59-61-63-70(75)81-68(67-80-72(71(76)77)78-65-64-73(3,4)5)66-79-69(74)62-60-58-56-54-52-50-48-46-44-42-40-38-31-29-27-25-23-21-19-17-15-13-11-9-7-2/h8-11,14-17,20-23,26-29,32-33,35-36,68,72H,6-7,12-13,18-19,24-25,30-31,34,37-67H2,1-5H3/p+1/b10-8-,11-9-,16-14-,17-15-,22-20-,23-21-,28-26-,29-27-,33-32-,36-35-. The van der Waals surface area contributed by atoms with Gasteiger partial charge in [-0.25, -0.2) is 4.79 Å². The average molecular weight is 1130 g/mol. The monoisotopic (exact) mass is 1130 g/mol. The highest BCUT2D eigenvalue weighted by atomic mass is 16.7. The van der Waals surface area contributed by atoms with Crippen LogP contribution in [-0.4, -0.2) is 87.4 Å². The number of carbonyl (C=O) groups excluding carboxylic acids is 2. The highest BCUT2D eigenvalue weighted by Gasteiger charge is 2.25. The molecule has 0 aliphatic carbocycles.